The van der Waals surface area contributed by atoms with E-state index < -0.39 is 11.1 Å². The molecule has 0 fully saturated rings. The van der Waals surface area contributed by atoms with Gasteiger partial charge in [-0.05, 0) is 40.8 Å². The van der Waals surface area contributed by atoms with Gasteiger partial charge in [-0.25, -0.2) is 4.99 Å². The zero-order chi connectivity index (χ0) is 15.4. The van der Waals surface area contributed by atoms with Gasteiger partial charge in [0, 0.05) is 5.56 Å². The summed E-state index contributed by atoms with van der Waals surface area (Å²) in [6.45, 7) is 2.02. The van der Waals surface area contributed by atoms with E-state index in [1.165, 1.54) is 0 Å². The van der Waals surface area contributed by atoms with Gasteiger partial charge >= 0.3 is 0 Å². The highest BCUT2D eigenvalue weighted by atomic mass is 35.5. The number of aryl methyl sites for hydroxylation is 1. The van der Waals surface area contributed by atoms with Crippen LogP contribution in [0, 0.1) is 0 Å². The van der Waals surface area contributed by atoms with Gasteiger partial charge < -0.3 is 10.3 Å². The Balaban J connectivity index is 2.61. The van der Waals surface area contributed by atoms with E-state index >= 15 is 0 Å². The molecule has 0 aliphatic heterocycles. The molecule has 2 aromatic rings. The first-order chi connectivity index (χ1) is 10.1. The Bertz CT molecular complexity index is 717. The predicted molar refractivity (Wildman–Crippen MR) is 85.8 cm³/mol. The fourth-order valence-electron chi connectivity index (χ4n) is 2.08. The molecule has 0 aliphatic carbocycles. The van der Waals surface area contributed by atoms with E-state index in [2.05, 4.69) is 4.99 Å². The quantitative estimate of drug-likeness (QED) is 0.532. The number of aliphatic imine (C=N–C) groups is 1. The van der Waals surface area contributed by atoms with Crippen LogP contribution in [-0.2, 0) is 17.5 Å². The molecule has 1 unspecified atom stereocenters. The third-order valence-corrected chi connectivity index (χ3v) is 4.26. The van der Waals surface area contributed by atoms with Gasteiger partial charge in [0.25, 0.3) is 0 Å². The normalized spacial score (nSPS) is 12.7. The Morgan fingerprint density at radius 2 is 2.14 bits per heavy atom. The zero-order valence-corrected chi connectivity index (χ0v) is 12.9. The van der Waals surface area contributed by atoms with Crippen molar-refractivity contribution < 1.29 is 8.76 Å². The number of hydrogen-bond donors (Lipinski definition) is 1. The SMILES string of the molecule is CCc1cccc(-c2ccc(N=CN)c(S(=O)[O-])c2)c1Cl. The number of halogens is 1. The third-order valence-electron chi connectivity index (χ3n) is 3.12. The van der Waals surface area contributed by atoms with Crippen molar-refractivity contribution in [2.24, 2.45) is 10.7 Å². The highest BCUT2D eigenvalue weighted by molar-refractivity contribution is 7.79. The van der Waals surface area contributed by atoms with Crippen molar-refractivity contribution in [3.05, 3.63) is 47.0 Å². The third kappa shape index (κ3) is 3.32. The Hall–Kier alpha value is -1.69. The van der Waals surface area contributed by atoms with Crippen molar-refractivity contribution in [3.8, 4) is 11.1 Å². The summed E-state index contributed by atoms with van der Waals surface area (Å²) in [5, 5.41) is 0.637. The van der Waals surface area contributed by atoms with Crippen molar-refractivity contribution in [2.75, 3.05) is 0 Å². The summed E-state index contributed by atoms with van der Waals surface area (Å²) in [7, 11) is 0. The molecular formula is C15H14ClN2O2S-. The first-order valence-electron chi connectivity index (χ1n) is 6.33. The first-order valence-corrected chi connectivity index (χ1v) is 7.79. The lowest BCUT2D eigenvalue weighted by molar-refractivity contribution is 0.537. The van der Waals surface area contributed by atoms with Gasteiger partial charge in [0.15, 0.2) is 0 Å². The summed E-state index contributed by atoms with van der Waals surface area (Å²) in [5.41, 5.74) is 8.07. The molecule has 2 rings (SSSR count). The standard InChI is InChI=1S/C15H15ClN2O2S/c1-2-10-4-3-5-12(15(10)16)11-6-7-13(18-9-17)14(8-11)21(19)20/h3-9H,2H2,1H3,(H2,17,18)(H,19,20)/p-1. The number of hydrogen-bond acceptors (Lipinski definition) is 3. The number of nitrogens with zero attached hydrogens (tertiary/aromatic N) is 1. The molecule has 6 heteroatoms. The average molecular weight is 322 g/mol. The Kier molecular flexibility index (Phi) is 5.12. The summed E-state index contributed by atoms with van der Waals surface area (Å²) in [4.78, 5) is 3.94. The zero-order valence-electron chi connectivity index (χ0n) is 11.4. The molecule has 0 aromatic heterocycles. The highest BCUT2D eigenvalue weighted by Gasteiger charge is 2.10. The van der Waals surface area contributed by atoms with Crippen molar-refractivity contribution >= 4 is 34.7 Å². The molecule has 1 atom stereocenters. The molecule has 0 spiro atoms. The van der Waals surface area contributed by atoms with E-state index in [1.807, 2.05) is 25.1 Å². The number of benzene rings is 2. The average Bonchev–Trinajstić information content (AvgIpc) is 2.48. The van der Waals surface area contributed by atoms with Gasteiger partial charge in [-0.1, -0.05) is 42.8 Å². The lowest BCUT2D eigenvalue weighted by atomic mass is 10.0. The van der Waals surface area contributed by atoms with E-state index in [-0.39, 0.29) is 4.90 Å². The topological polar surface area (TPSA) is 78.5 Å². The maximum absolute atomic E-state index is 11.3. The summed E-state index contributed by atoms with van der Waals surface area (Å²) in [6.07, 6.45) is 1.87. The Morgan fingerprint density at radius 1 is 1.38 bits per heavy atom. The van der Waals surface area contributed by atoms with E-state index in [9.17, 15) is 8.76 Å². The van der Waals surface area contributed by atoms with Crippen LogP contribution in [0.15, 0.2) is 46.3 Å². The first kappa shape index (κ1) is 15.7. The number of rotatable bonds is 4. The van der Waals surface area contributed by atoms with E-state index in [4.69, 9.17) is 17.3 Å². The summed E-state index contributed by atoms with van der Waals surface area (Å²) >= 11 is 3.97. The fourth-order valence-corrected chi connectivity index (χ4v) is 2.96. The number of nitrogens with two attached hydrogens (primary N) is 1. The predicted octanol–water partition coefficient (Wildman–Crippen LogP) is 3.43. The second kappa shape index (κ2) is 6.85. The minimum Gasteiger partial charge on any atom is -0.768 e. The molecule has 0 saturated heterocycles. The van der Waals surface area contributed by atoms with Crippen molar-refractivity contribution in [1.29, 1.82) is 0 Å². The van der Waals surface area contributed by atoms with Gasteiger partial charge in [0.05, 0.1) is 21.9 Å². The molecule has 0 heterocycles. The van der Waals surface area contributed by atoms with Crippen molar-refractivity contribution in [3.63, 3.8) is 0 Å². The molecule has 110 valence electrons. The second-order valence-electron chi connectivity index (χ2n) is 4.33. The van der Waals surface area contributed by atoms with E-state index in [1.54, 1.807) is 18.2 Å². The van der Waals surface area contributed by atoms with Gasteiger partial charge in [0.1, 0.15) is 0 Å². The maximum atomic E-state index is 11.3. The molecule has 0 amide bonds. The van der Waals surface area contributed by atoms with Gasteiger partial charge in [-0.3, -0.25) is 4.21 Å². The Labute approximate surface area is 130 Å². The van der Waals surface area contributed by atoms with E-state index in [0.29, 0.717) is 10.7 Å². The van der Waals surface area contributed by atoms with E-state index in [0.717, 1.165) is 29.4 Å². The van der Waals surface area contributed by atoms with Crippen LogP contribution in [0.1, 0.15) is 12.5 Å². The largest absolute Gasteiger partial charge is 0.768 e. The van der Waals surface area contributed by atoms with Crippen LogP contribution < -0.4 is 5.73 Å². The highest BCUT2D eigenvalue weighted by Crippen LogP contribution is 2.34. The lowest BCUT2D eigenvalue weighted by Gasteiger charge is -2.13. The Morgan fingerprint density at radius 3 is 2.76 bits per heavy atom. The smallest absolute Gasteiger partial charge is 0.0860 e. The van der Waals surface area contributed by atoms with Gasteiger partial charge in [0.2, 0.25) is 0 Å². The summed E-state index contributed by atoms with van der Waals surface area (Å²) in [6, 6.07) is 10.6. The van der Waals surface area contributed by atoms with Gasteiger partial charge in [-0.2, -0.15) is 0 Å². The van der Waals surface area contributed by atoms with Crippen LogP contribution in [0.2, 0.25) is 5.02 Å². The van der Waals surface area contributed by atoms with Crippen molar-refractivity contribution in [2.45, 2.75) is 18.2 Å². The molecule has 0 radical (unpaired) electrons. The molecule has 21 heavy (non-hydrogen) atoms. The monoisotopic (exact) mass is 321 g/mol. The molecule has 0 saturated carbocycles. The molecule has 2 N–H and O–H groups in total. The molecular weight excluding hydrogens is 308 g/mol. The minimum absolute atomic E-state index is 0.0900. The molecule has 2 aromatic carbocycles. The van der Waals surface area contributed by atoms with Crippen LogP contribution in [0.5, 0.6) is 0 Å². The van der Waals surface area contributed by atoms with Crippen LogP contribution in [-0.4, -0.2) is 15.1 Å². The van der Waals surface area contributed by atoms with Crippen LogP contribution >= 0.6 is 11.6 Å². The second-order valence-corrected chi connectivity index (χ2v) is 5.61. The van der Waals surface area contributed by atoms with Gasteiger partial charge in [-0.15, -0.1) is 0 Å². The molecule has 0 bridgehead atoms. The van der Waals surface area contributed by atoms with Crippen LogP contribution in [0.25, 0.3) is 11.1 Å². The van der Waals surface area contributed by atoms with Crippen LogP contribution in [0.4, 0.5) is 5.69 Å². The minimum atomic E-state index is -2.40. The molecule has 4 nitrogen and oxygen atoms in total. The lowest BCUT2D eigenvalue weighted by Crippen LogP contribution is -1.94. The summed E-state index contributed by atoms with van der Waals surface area (Å²) in [5.74, 6) is 0. The fraction of sp³-hybridized carbons (Fsp3) is 0.133. The maximum Gasteiger partial charge on any atom is 0.0860 e. The van der Waals surface area contributed by atoms with Crippen molar-refractivity contribution in [1.82, 2.24) is 0 Å². The van der Waals surface area contributed by atoms with Crippen LogP contribution in [0.3, 0.4) is 0 Å². The summed E-state index contributed by atoms with van der Waals surface area (Å²) < 4.78 is 22.7. The molecule has 0 aliphatic rings.